The third-order valence-electron chi connectivity index (χ3n) is 1.59. The molecule has 1 heterocycles. The fourth-order valence-electron chi connectivity index (χ4n) is 0.984. The van der Waals surface area contributed by atoms with E-state index in [0.717, 1.165) is 19.5 Å². The van der Waals surface area contributed by atoms with E-state index in [1.807, 2.05) is 10.9 Å². The molecule has 0 aliphatic heterocycles. The first-order valence-corrected chi connectivity index (χ1v) is 4.36. The van der Waals surface area contributed by atoms with Crippen molar-refractivity contribution in [3.63, 3.8) is 0 Å². The van der Waals surface area contributed by atoms with E-state index in [9.17, 15) is 0 Å². The van der Waals surface area contributed by atoms with Crippen LogP contribution >= 0.6 is 0 Å². The van der Waals surface area contributed by atoms with Crippen molar-refractivity contribution in [3.05, 3.63) is 12.4 Å². The van der Waals surface area contributed by atoms with Crippen LogP contribution < -0.4 is 5.32 Å². The molecule has 1 aromatic heterocycles. The molecule has 0 aliphatic carbocycles. The lowest BCUT2D eigenvalue weighted by Gasteiger charge is -2.06. The summed E-state index contributed by atoms with van der Waals surface area (Å²) >= 11 is 0. The Hall–Kier alpha value is -0.900. The third-order valence-corrected chi connectivity index (χ3v) is 1.59. The van der Waals surface area contributed by atoms with Crippen molar-refractivity contribution in [2.24, 2.45) is 0 Å². The summed E-state index contributed by atoms with van der Waals surface area (Å²) in [4.78, 5) is 0. The highest BCUT2D eigenvalue weighted by Gasteiger charge is 1.93. The minimum Gasteiger partial charge on any atom is -0.314 e. The molecule has 0 amide bonds. The van der Waals surface area contributed by atoms with Crippen LogP contribution in [0.4, 0.5) is 0 Å². The normalized spacial score (nSPS) is 10.9. The molecule has 0 spiro atoms. The molecule has 0 aliphatic rings. The van der Waals surface area contributed by atoms with Crippen LogP contribution in [0.5, 0.6) is 0 Å². The van der Waals surface area contributed by atoms with Crippen molar-refractivity contribution in [1.29, 1.82) is 0 Å². The van der Waals surface area contributed by atoms with Crippen LogP contribution in [0.1, 0.15) is 20.3 Å². The van der Waals surface area contributed by atoms with Crippen LogP contribution in [0.25, 0.3) is 0 Å². The maximum absolute atomic E-state index is 3.87. The lowest BCUT2D eigenvalue weighted by atomic mass is 10.3. The molecule has 0 unspecified atom stereocenters. The average molecular weight is 168 g/mol. The van der Waals surface area contributed by atoms with Gasteiger partial charge >= 0.3 is 0 Å². The maximum Gasteiger partial charge on any atom is 0.0692 e. The average Bonchev–Trinajstić information content (AvgIpc) is 2.49. The Kier molecular flexibility index (Phi) is 3.73. The van der Waals surface area contributed by atoms with E-state index in [-0.39, 0.29) is 0 Å². The van der Waals surface area contributed by atoms with E-state index in [1.165, 1.54) is 0 Å². The van der Waals surface area contributed by atoms with Gasteiger partial charge in [-0.2, -0.15) is 0 Å². The Balaban J connectivity index is 2.04. The monoisotopic (exact) mass is 168 g/mol. The van der Waals surface area contributed by atoms with E-state index in [2.05, 4.69) is 29.5 Å². The number of nitrogens with one attached hydrogen (secondary N) is 1. The second kappa shape index (κ2) is 4.87. The summed E-state index contributed by atoms with van der Waals surface area (Å²) in [6, 6.07) is 0.570. The van der Waals surface area contributed by atoms with Gasteiger partial charge in [0.05, 0.1) is 6.20 Å². The maximum atomic E-state index is 3.87. The molecular formula is C8H16N4. The van der Waals surface area contributed by atoms with Gasteiger partial charge in [-0.15, -0.1) is 5.10 Å². The van der Waals surface area contributed by atoms with Crippen LogP contribution in [0, 0.1) is 0 Å². The molecule has 0 saturated carbocycles. The molecule has 0 radical (unpaired) electrons. The molecule has 1 rings (SSSR count). The fourth-order valence-corrected chi connectivity index (χ4v) is 0.984. The van der Waals surface area contributed by atoms with Gasteiger partial charge in [-0.05, 0) is 13.0 Å². The van der Waals surface area contributed by atoms with Gasteiger partial charge in [0.1, 0.15) is 0 Å². The van der Waals surface area contributed by atoms with Crippen molar-refractivity contribution >= 4 is 0 Å². The summed E-state index contributed by atoms with van der Waals surface area (Å²) in [5, 5.41) is 10.9. The summed E-state index contributed by atoms with van der Waals surface area (Å²) in [6.45, 7) is 6.28. The molecule has 0 bridgehead atoms. The lowest BCUT2D eigenvalue weighted by Crippen LogP contribution is -2.24. The zero-order valence-electron chi connectivity index (χ0n) is 7.70. The quantitative estimate of drug-likeness (QED) is 0.657. The van der Waals surface area contributed by atoms with E-state index >= 15 is 0 Å². The predicted octanol–water partition coefficient (Wildman–Crippen LogP) is 0.666. The fraction of sp³-hybridized carbons (Fsp3) is 0.750. The van der Waals surface area contributed by atoms with Gasteiger partial charge in [0.25, 0.3) is 0 Å². The van der Waals surface area contributed by atoms with E-state index < -0.39 is 0 Å². The Bertz CT molecular complexity index is 193. The van der Waals surface area contributed by atoms with E-state index in [1.54, 1.807) is 6.20 Å². The smallest absolute Gasteiger partial charge is 0.0692 e. The number of aromatic nitrogens is 3. The molecule has 1 aromatic rings. The van der Waals surface area contributed by atoms with Gasteiger partial charge in [0.15, 0.2) is 0 Å². The summed E-state index contributed by atoms with van der Waals surface area (Å²) in [6.07, 6.45) is 4.69. The van der Waals surface area contributed by atoms with E-state index in [0.29, 0.717) is 6.04 Å². The lowest BCUT2D eigenvalue weighted by molar-refractivity contribution is 0.505. The van der Waals surface area contributed by atoms with Crippen LogP contribution in [0.3, 0.4) is 0 Å². The molecule has 68 valence electrons. The van der Waals surface area contributed by atoms with Crippen molar-refractivity contribution in [3.8, 4) is 0 Å². The Morgan fingerprint density at radius 3 is 2.92 bits per heavy atom. The number of nitrogens with zero attached hydrogens (tertiary/aromatic N) is 3. The second-order valence-corrected chi connectivity index (χ2v) is 3.13. The summed E-state index contributed by atoms with van der Waals surface area (Å²) < 4.78 is 1.85. The number of hydrogen-bond donors (Lipinski definition) is 1. The van der Waals surface area contributed by atoms with E-state index in [4.69, 9.17) is 0 Å². The van der Waals surface area contributed by atoms with Gasteiger partial charge < -0.3 is 5.32 Å². The van der Waals surface area contributed by atoms with Gasteiger partial charge in [0.2, 0.25) is 0 Å². The zero-order chi connectivity index (χ0) is 8.81. The molecular weight excluding hydrogens is 152 g/mol. The van der Waals surface area contributed by atoms with Crippen molar-refractivity contribution in [2.45, 2.75) is 32.9 Å². The first-order valence-electron chi connectivity index (χ1n) is 4.36. The molecule has 1 N–H and O–H groups in total. The minimum absolute atomic E-state index is 0.570. The Morgan fingerprint density at radius 2 is 2.33 bits per heavy atom. The SMILES string of the molecule is CC(C)NCCCn1ccnn1. The van der Waals surface area contributed by atoms with Crippen LogP contribution in [0.2, 0.25) is 0 Å². The third kappa shape index (κ3) is 3.48. The number of aryl methyl sites for hydroxylation is 1. The molecule has 4 heteroatoms. The molecule has 0 aromatic carbocycles. The molecule has 0 atom stereocenters. The molecule has 12 heavy (non-hydrogen) atoms. The highest BCUT2D eigenvalue weighted by atomic mass is 15.4. The first-order chi connectivity index (χ1) is 5.79. The summed E-state index contributed by atoms with van der Waals surface area (Å²) in [5.41, 5.74) is 0. The van der Waals surface area contributed by atoms with Crippen molar-refractivity contribution in [1.82, 2.24) is 20.3 Å². The Labute approximate surface area is 73.0 Å². The second-order valence-electron chi connectivity index (χ2n) is 3.13. The van der Waals surface area contributed by atoms with Gasteiger partial charge in [0, 0.05) is 18.8 Å². The summed E-state index contributed by atoms with van der Waals surface area (Å²) in [7, 11) is 0. The van der Waals surface area contributed by atoms with Crippen molar-refractivity contribution in [2.75, 3.05) is 6.54 Å². The highest BCUT2D eigenvalue weighted by molar-refractivity contribution is 4.64. The van der Waals surface area contributed by atoms with Crippen LogP contribution in [-0.4, -0.2) is 27.6 Å². The first kappa shape index (κ1) is 9.19. The number of rotatable bonds is 5. The largest absolute Gasteiger partial charge is 0.314 e. The number of hydrogen-bond acceptors (Lipinski definition) is 3. The highest BCUT2D eigenvalue weighted by Crippen LogP contribution is 1.86. The molecule has 0 fully saturated rings. The zero-order valence-corrected chi connectivity index (χ0v) is 7.70. The predicted molar refractivity (Wildman–Crippen MR) is 47.8 cm³/mol. The van der Waals surface area contributed by atoms with Gasteiger partial charge in [-0.3, -0.25) is 4.68 Å². The van der Waals surface area contributed by atoms with Crippen LogP contribution in [0.15, 0.2) is 12.4 Å². The van der Waals surface area contributed by atoms with Gasteiger partial charge in [-0.25, -0.2) is 0 Å². The Morgan fingerprint density at radius 1 is 1.50 bits per heavy atom. The van der Waals surface area contributed by atoms with Crippen molar-refractivity contribution < 1.29 is 0 Å². The summed E-state index contributed by atoms with van der Waals surface area (Å²) in [5.74, 6) is 0. The van der Waals surface area contributed by atoms with Crippen LogP contribution in [-0.2, 0) is 6.54 Å². The van der Waals surface area contributed by atoms with Gasteiger partial charge in [-0.1, -0.05) is 19.1 Å². The topological polar surface area (TPSA) is 42.7 Å². The minimum atomic E-state index is 0.570. The molecule has 4 nitrogen and oxygen atoms in total. The standard InChI is InChI=1S/C8H16N4/c1-8(2)9-4-3-6-12-7-5-10-11-12/h5,7-9H,3-4,6H2,1-2H3. The molecule has 0 saturated heterocycles.